The van der Waals surface area contributed by atoms with Gasteiger partial charge in [0.15, 0.2) is 0 Å². The Morgan fingerprint density at radius 1 is 1.04 bits per heavy atom. The number of piperidine rings is 1. The topological polar surface area (TPSA) is 78.5 Å². The predicted molar refractivity (Wildman–Crippen MR) is 107 cm³/mol. The van der Waals surface area contributed by atoms with E-state index in [4.69, 9.17) is 0 Å². The summed E-state index contributed by atoms with van der Waals surface area (Å²) in [6, 6.07) is 9.14. The van der Waals surface area contributed by atoms with E-state index >= 15 is 0 Å². The average molecular weight is 385 g/mol. The van der Waals surface area contributed by atoms with E-state index in [0.29, 0.717) is 37.3 Å². The summed E-state index contributed by atoms with van der Waals surface area (Å²) in [4.78, 5) is 38.9. The normalized spacial score (nSPS) is 14.7. The lowest BCUT2D eigenvalue weighted by molar-refractivity contribution is -0.121. The molecule has 1 fully saturated rings. The molecule has 3 amide bonds. The van der Waals surface area contributed by atoms with Crippen molar-refractivity contribution in [3.63, 3.8) is 0 Å². The molecule has 0 aliphatic carbocycles. The molecule has 2 aromatic rings. The van der Waals surface area contributed by atoms with Crippen LogP contribution in [0.2, 0.25) is 0 Å². The third kappa shape index (κ3) is 4.54. The monoisotopic (exact) mass is 385 g/mol. The van der Waals surface area contributed by atoms with Crippen LogP contribution < -0.4 is 10.6 Å². The molecule has 0 spiro atoms. The molecule has 27 heavy (non-hydrogen) atoms. The van der Waals surface area contributed by atoms with E-state index < -0.39 is 0 Å². The second-order valence-corrected chi connectivity index (χ2v) is 7.64. The van der Waals surface area contributed by atoms with Gasteiger partial charge in [-0.2, -0.15) is 0 Å². The first-order chi connectivity index (χ1) is 13.0. The molecule has 0 atom stereocenters. The Morgan fingerprint density at radius 3 is 2.30 bits per heavy atom. The van der Waals surface area contributed by atoms with E-state index in [0.717, 1.165) is 10.4 Å². The van der Waals surface area contributed by atoms with Crippen LogP contribution in [0, 0.1) is 12.8 Å². The summed E-state index contributed by atoms with van der Waals surface area (Å²) < 4.78 is 0. The van der Waals surface area contributed by atoms with Gasteiger partial charge in [-0.25, -0.2) is 0 Å². The Balaban J connectivity index is 1.59. The highest BCUT2D eigenvalue weighted by Crippen LogP contribution is 2.26. The number of hydrogen-bond acceptors (Lipinski definition) is 4. The number of amides is 3. The maximum absolute atomic E-state index is 12.7. The van der Waals surface area contributed by atoms with E-state index in [1.165, 1.54) is 18.3 Å². The molecule has 1 aliphatic heterocycles. The Kier molecular flexibility index (Phi) is 5.91. The van der Waals surface area contributed by atoms with Crippen LogP contribution in [-0.2, 0) is 9.59 Å². The molecule has 2 N–H and O–H groups in total. The highest BCUT2D eigenvalue weighted by atomic mass is 32.1. The lowest BCUT2D eigenvalue weighted by Crippen LogP contribution is -2.41. The van der Waals surface area contributed by atoms with Crippen molar-refractivity contribution in [3.05, 3.63) is 46.2 Å². The van der Waals surface area contributed by atoms with Gasteiger partial charge in [0.2, 0.25) is 11.8 Å². The molecule has 0 saturated carbocycles. The summed E-state index contributed by atoms with van der Waals surface area (Å²) in [5.41, 5.74) is 2.21. The third-order valence-electron chi connectivity index (χ3n) is 4.79. The van der Waals surface area contributed by atoms with Crippen LogP contribution in [0.25, 0.3) is 0 Å². The molecule has 6 nitrogen and oxygen atoms in total. The van der Waals surface area contributed by atoms with Crippen molar-refractivity contribution in [1.82, 2.24) is 4.90 Å². The molecular weight excluding hydrogens is 362 g/mol. The van der Waals surface area contributed by atoms with Crippen molar-refractivity contribution < 1.29 is 14.4 Å². The smallest absolute Gasteiger partial charge is 0.263 e. The summed E-state index contributed by atoms with van der Waals surface area (Å²) in [5.74, 6) is -0.269. The minimum absolute atomic E-state index is 0.0405. The molecule has 3 rings (SSSR count). The number of likely N-dealkylation sites (tertiary alicyclic amines) is 1. The van der Waals surface area contributed by atoms with E-state index in [1.54, 1.807) is 12.1 Å². The fraction of sp³-hybridized carbons (Fsp3) is 0.350. The molecule has 0 bridgehead atoms. The highest BCUT2D eigenvalue weighted by Gasteiger charge is 2.28. The van der Waals surface area contributed by atoms with Gasteiger partial charge in [0.05, 0.1) is 4.88 Å². The van der Waals surface area contributed by atoms with Crippen LogP contribution in [0.5, 0.6) is 0 Å². The highest BCUT2D eigenvalue weighted by molar-refractivity contribution is 7.12. The van der Waals surface area contributed by atoms with Crippen molar-refractivity contribution in [2.45, 2.75) is 26.7 Å². The number of rotatable bonds is 4. The minimum Gasteiger partial charge on any atom is -0.338 e. The lowest BCUT2D eigenvalue weighted by Gasteiger charge is -2.31. The fourth-order valence-corrected chi connectivity index (χ4v) is 3.92. The molecule has 0 unspecified atom stereocenters. The summed E-state index contributed by atoms with van der Waals surface area (Å²) in [6.07, 6.45) is 1.29. The van der Waals surface area contributed by atoms with Crippen molar-refractivity contribution >= 4 is 40.4 Å². The minimum atomic E-state index is -0.149. The Bertz CT molecular complexity index is 840. The number of nitrogens with zero attached hydrogens (tertiary/aromatic N) is 1. The summed E-state index contributed by atoms with van der Waals surface area (Å²) in [5, 5.41) is 7.63. The van der Waals surface area contributed by atoms with Crippen LogP contribution in [-0.4, -0.2) is 35.7 Å². The van der Waals surface area contributed by atoms with E-state index in [2.05, 4.69) is 10.6 Å². The number of nitrogens with one attached hydrogen (secondary N) is 2. The zero-order chi connectivity index (χ0) is 19.4. The van der Waals surface area contributed by atoms with Gasteiger partial charge in [-0.05, 0) is 48.9 Å². The molecule has 0 radical (unpaired) electrons. The van der Waals surface area contributed by atoms with Crippen LogP contribution in [0.4, 0.5) is 11.4 Å². The van der Waals surface area contributed by atoms with Crippen LogP contribution in [0.1, 0.15) is 35.0 Å². The van der Waals surface area contributed by atoms with Crippen LogP contribution in [0.3, 0.4) is 0 Å². The molecule has 142 valence electrons. The quantitative estimate of drug-likeness (QED) is 0.845. The Hall–Kier alpha value is -2.67. The van der Waals surface area contributed by atoms with Gasteiger partial charge in [0, 0.05) is 37.3 Å². The fourth-order valence-electron chi connectivity index (χ4n) is 3.23. The number of carbonyl (C=O) groups excluding carboxylic acids is 3. The second-order valence-electron chi connectivity index (χ2n) is 6.69. The van der Waals surface area contributed by atoms with Gasteiger partial charge < -0.3 is 15.5 Å². The number of thiophene rings is 1. The molecule has 7 heteroatoms. The molecule has 1 aromatic carbocycles. The largest absolute Gasteiger partial charge is 0.338 e. The van der Waals surface area contributed by atoms with Crippen LogP contribution >= 0.6 is 11.3 Å². The molecule has 1 saturated heterocycles. The van der Waals surface area contributed by atoms with Crippen molar-refractivity contribution in [1.29, 1.82) is 0 Å². The first-order valence-corrected chi connectivity index (χ1v) is 9.84. The van der Waals surface area contributed by atoms with Gasteiger partial charge in [0.1, 0.15) is 0 Å². The van der Waals surface area contributed by atoms with Gasteiger partial charge >= 0.3 is 0 Å². The maximum atomic E-state index is 12.7. The average Bonchev–Trinajstić information content (AvgIpc) is 3.19. The summed E-state index contributed by atoms with van der Waals surface area (Å²) in [6.45, 7) is 4.48. The van der Waals surface area contributed by atoms with Crippen LogP contribution in [0.15, 0.2) is 35.7 Å². The van der Waals surface area contributed by atoms with Crippen molar-refractivity contribution in [2.75, 3.05) is 23.7 Å². The number of hydrogen-bond donors (Lipinski definition) is 2. The van der Waals surface area contributed by atoms with E-state index in [-0.39, 0.29) is 23.6 Å². The van der Waals surface area contributed by atoms with E-state index in [1.807, 2.05) is 35.4 Å². The number of anilines is 2. The first kappa shape index (κ1) is 19.1. The zero-order valence-electron chi connectivity index (χ0n) is 15.5. The molecular formula is C20H23N3O3S. The molecule has 1 aromatic heterocycles. The zero-order valence-corrected chi connectivity index (χ0v) is 16.3. The first-order valence-electron chi connectivity index (χ1n) is 8.96. The Morgan fingerprint density at radius 2 is 1.70 bits per heavy atom. The van der Waals surface area contributed by atoms with Gasteiger partial charge in [-0.1, -0.05) is 12.1 Å². The number of carbonyl (C=O) groups is 3. The predicted octanol–water partition coefficient (Wildman–Crippen LogP) is 3.51. The van der Waals surface area contributed by atoms with E-state index in [9.17, 15) is 14.4 Å². The standard InChI is InChI=1S/C20H23N3O3S/c1-13-16(21-14(2)24)5-3-6-17(13)22-19(25)15-8-10-23(11-9-15)20(26)18-7-4-12-27-18/h3-7,12,15H,8-11H2,1-2H3,(H,21,24)(H,22,25). The molecule has 1 aliphatic rings. The van der Waals surface area contributed by atoms with Gasteiger partial charge in [0.25, 0.3) is 5.91 Å². The Labute approximate surface area is 162 Å². The van der Waals surface area contributed by atoms with Gasteiger partial charge in [-0.15, -0.1) is 11.3 Å². The number of benzene rings is 1. The van der Waals surface area contributed by atoms with Gasteiger partial charge in [-0.3, -0.25) is 14.4 Å². The third-order valence-corrected chi connectivity index (χ3v) is 5.65. The molecule has 2 heterocycles. The lowest BCUT2D eigenvalue weighted by atomic mass is 9.95. The van der Waals surface area contributed by atoms with Crippen molar-refractivity contribution in [2.24, 2.45) is 5.92 Å². The summed E-state index contributed by atoms with van der Waals surface area (Å²) >= 11 is 1.44. The van der Waals surface area contributed by atoms with Crippen molar-refractivity contribution in [3.8, 4) is 0 Å². The second kappa shape index (κ2) is 8.35. The maximum Gasteiger partial charge on any atom is 0.263 e. The summed E-state index contributed by atoms with van der Waals surface area (Å²) in [7, 11) is 0. The SMILES string of the molecule is CC(=O)Nc1cccc(NC(=O)C2CCN(C(=O)c3cccs3)CC2)c1C.